The maximum Gasteiger partial charge on any atom is 0.333 e. The van der Waals surface area contributed by atoms with Crippen molar-refractivity contribution in [2.75, 3.05) is 6.61 Å². The SMILES string of the molecule is CCOC(=O)[C@](N)(CC)C(=O)[C@@H](C)CC. The van der Waals surface area contributed by atoms with Gasteiger partial charge in [0.1, 0.15) is 0 Å². The first-order valence-corrected chi connectivity index (χ1v) is 5.44. The van der Waals surface area contributed by atoms with Crippen LogP contribution in [-0.4, -0.2) is 23.9 Å². The molecule has 0 aliphatic carbocycles. The Labute approximate surface area is 91.2 Å². The summed E-state index contributed by atoms with van der Waals surface area (Å²) in [7, 11) is 0. The van der Waals surface area contributed by atoms with E-state index in [4.69, 9.17) is 10.5 Å². The van der Waals surface area contributed by atoms with Crippen LogP contribution in [0.4, 0.5) is 0 Å². The molecule has 0 heterocycles. The van der Waals surface area contributed by atoms with Gasteiger partial charge >= 0.3 is 5.97 Å². The quantitative estimate of drug-likeness (QED) is 0.535. The monoisotopic (exact) mass is 215 g/mol. The summed E-state index contributed by atoms with van der Waals surface area (Å²) in [5.74, 6) is -1.05. The zero-order valence-electron chi connectivity index (χ0n) is 10.0. The molecule has 0 radical (unpaired) electrons. The highest BCUT2D eigenvalue weighted by Crippen LogP contribution is 2.18. The minimum Gasteiger partial charge on any atom is -0.464 e. The van der Waals surface area contributed by atoms with Crippen molar-refractivity contribution in [3.63, 3.8) is 0 Å². The topological polar surface area (TPSA) is 69.4 Å². The maximum absolute atomic E-state index is 11.9. The van der Waals surface area contributed by atoms with E-state index >= 15 is 0 Å². The number of ketones is 1. The fourth-order valence-corrected chi connectivity index (χ4v) is 1.30. The van der Waals surface area contributed by atoms with Gasteiger partial charge in [0.2, 0.25) is 0 Å². The molecule has 4 nitrogen and oxygen atoms in total. The van der Waals surface area contributed by atoms with E-state index < -0.39 is 11.5 Å². The van der Waals surface area contributed by atoms with Crippen LogP contribution in [0.25, 0.3) is 0 Å². The normalized spacial score (nSPS) is 16.6. The lowest BCUT2D eigenvalue weighted by atomic mass is 9.84. The molecule has 0 aliphatic rings. The molecule has 0 aliphatic heterocycles. The van der Waals surface area contributed by atoms with Gasteiger partial charge < -0.3 is 10.5 Å². The first kappa shape index (κ1) is 14.1. The van der Waals surface area contributed by atoms with Crippen LogP contribution >= 0.6 is 0 Å². The van der Waals surface area contributed by atoms with Crippen molar-refractivity contribution in [1.29, 1.82) is 0 Å². The van der Waals surface area contributed by atoms with E-state index in [1.54, 1.807) is 20.8 Å². The summed E-state index contributed by atoms with van der Waals surface area (Å²) in [4.78, 5) is 23.5. The third-order valence-electron chi connectivity index (χ3n) is 2.70. The zero-order chi connectivity index (χ0) is 12.1. The number of esters is 1. The van der Waals surface area contributed by atoms with E-state index in [1.165, 1.54) is 0 Å². The van der Waals surface area contributed by atoms with Gasteiger partial charge in [-0.3, -0.25) is 4.79 Å². The van der Waals surface area contributed by atoms with E-state index in [9.17, 15) is 9.59 Å². The maximum atomic E-state index is 11.9. The molecule has 88 valence electrons. The molecular weight excluding hydrogens is 194 g/mol. The predicted molar refractivity (Wildman–Crippen MR) is 58.3 cm³/mol. The molecule has 15 heavy (non-hydrogen) atoms. The first-order chi connectivity index (χ1) is 6.93. The van der Waals surface area contributed by atoms with E-state index in [1.807, 2.05) is 6.92 Å². The highest BCUT2D eigenvalue weighted by molar-refractivity contribution is 6.09. The first-order valence-electron chi connectivity index (χ1n) is 5.44. The number of carbonyl (C=O) groups excluding carboxylic acids is 2. The molecule has 0 amide bonds. The van der Waals surface area contributed by atoms with Crippen molar-refractivity contribution < 1.29 is 14.3 Å². The summed E-state index contributed by atoms with van der Waals surface area (Å²) in [6.07, 6.45) is 0.951. The van der Waals surface area contributed by atoms with Gasteiger partial charge in [0.05, 0.1) is 6.61 Å². The smallest absolute Gasteiger partial charge is 0.333 e. The Morgan fingerprint density at radius 1 is 1.33 bits per heavy atom. The van der Waals surface area contributed by atoms with Gasteiger partial charge in [0.15, 0.2) is 11.3 Å². The second kappa shape index (κ2) is 5.85. The van der Waals surface area contributed by atoms with Crippen molar-refractivity contribution in [3.8, 4) is 0 Å². The number of nitrogens with two attached hydrogens (primary N) is 1. The van der Waals surface area contributed by atoms with Crippen molar-refractivity contribution in [2.24, 2.45) is 11.7 Å². The molecule has 4 heteroatoms. The number of hydrogen-bond donors (Lipinski definition) is 1. The molecule has 0 bridgehead atoms. The van der Waals surface area contributed by atoms with Crippen LogP contribution in [0.5, 0.6) is 0 Å². The van der Waals surface area contributed by atoms with Crippen LogP contribution in [0.15, 0.2) is 0 Å². The molecule has 0 spiro atoms. The zero-order valence-corrected chi connectivity index (χ0v) is 10.0. The van der Waals surface area contributed by atoms with Crippen LogP contribution in [0, 0.1) is 5.92 Å². The van der Waals surface area contributed by atoms with E-state index in [0.717, 1.165) is 0 Å². The standard InChI is InChI=1S/C11H21NO3/c1-5-8(4)9(13)11(12,6-2)10(14)15-7-3/h8H,5-7,12H2,1-4H3/t8-,11-/m0/s1. The molecule has 0 unspecified atom stereocenters. The van der Waals surface area contributed by atoms with Gasteiger partial charge in [-0.25, -0.2) is 4.79 Å². The van der Waals surface area contributed by atoms with Gasteiger partial charge in [0, 0.05) is 5.92 Å². The molecule has 0 aromatic rings. The lowest BCUT2D eigenvalue weighted by Gasteiger charge is -2.26. The Balaban J connectivity index is 4.83. The summed E-state index contributed by atoms with van der Waals surface area (Å²) in [6, 6.07) is 0. The molecule has 2 atom stereocenters. The largest absolute Gasteiger partial charge is 0.464 e. The third kappa shape index (κ3) is 3.02. The number of carbonyl (C=O) groups is 2. The molecular formula is C11H21NO3. The number of rotatable bonds is 6. The number of ether oxygens (including phenoxy) is 1. The average Bonchev–Trinajstić information content (AvgIpc) is 2.26. The molecule has 0 aromatic heterocycles. The summed E-state index contributed by atoms with van der Waals surface area (Å²) >= 11 is 0. The Morgan fingerprint density at radius 3 is 2.20 bits per heavy atom. The summed E-state index contributed by atoms with van der Waals surface area (Å²) < 4.78 is 4.83. The summed E-state index contributed by atoms with van der Waals surface area (Å²) in [5.41, 5.74) is 4.36. The molecule has 0 fully saturated rings. The van der Waals surface area contributed by atoms with Gasteiger partial charge in [-0.1, -0.05) is 20.8 Å². The highest BCUT2D eigenvalue weighted by Gasteiger charge is 2.43. The van der Waals surface area contributed by atoms with Crippen LogP contribution < -0.4 is 5.73 Å². The Kier molecular flexibility index (Phi) is 5.50. The average molecular weight is 215 g/mol. The molecule has 2 N–H and O–H groups in total. The third-order valence-corrected chi connectivity index (χ3v) is 2.70. The second-order valence-electron chi connectivity index (χ2n) is 3.72. The van der Waals surface area contributed by atoms with E-state index in [-0.39, 0.29) is 24.7 Å². The fourth-order valence-electron chi connectivity index (χ4n) is 1.30. The van der Waals surface area contributed by atoms with Crippen molar-refractivity contribution in [1.82, 2.24) is 0 Å². The van der Waals surface area contributed by atoms with Gasteiger partial charge in [0.25, 0.3) is 0 Å². The van der Waals surface area contributed by atoms with Crippen molar-refractivity contribution in [2.45, 2.75) is 46.1 Å². The fraction of sp³-hybridized carbons (Fsp3) is 0.818. The minimum atomic E-state index is -1.47. The molecule has 0 saturated carbocycles. The Bertz CT molecular complexity index is 240. The number of Topliss-reactive ketones (excluding diaryl/α,β-unsaturated/α-hetero) is 1. The predicted octanol–water partition coefficient (Wildman–Crippen LogP) is 1.27. The minimum absolute atomic E-state index is 0.209. The Morgan fingerprint density at radius 2 is 1.87 bits per heavy atom. The molecule has 0 aromatic carbocycles. The van der Waals surface area contributed by atoms with Gasteiger partial charge in [-0.2, -0.15) is 0 Å². The van der Waals surface area contributed by atoms with Gasteiger partial charge in [-0.05, 0) is 19.8 Å². The number of hydrogen-bond acceptors (Lipinski definition) is 4. The van der Waals surface area contributed by atoms with Crippen LogP contribution in [-0.2, 0) is 14.3 Å². The van der Waals surface area contributed by atoms with Crippen molar-refractivity contribution in [3.05, 3.63) is 0 Å². The van der Waals surface area contributed by atoms with E-state index in [2.05, 4.69) is 0 Å². The molecule has 0 saturated heterocycles. The Hall–Kier alpha value is -0.900. The van der Waals surface area contributed by atoms with Crippen LogP contribution in [0.2, 0.25) is 0 Å². The van der Waals surface area contributed by atoms with Crippen LogP contribution in [0.1, 0.15) is 40.5 Å². The lowest BCUT2D eigenvalue weighted by Crippen LogP contribution is -2.57. The second-order valence-corrected chi connectivity index (χ2v) is 3.72. The van der Waals surface area contributed by atoms with Crippen LogP contribution in [0.3, 0.4) is 0 Å². The summed E-state index contributed by atoms with van der Waals surface area (Å²) in [5, 5.41) is 0. The van der Waals surface area contributed by atoms with Crippen molar-refractivity contribution >= 4 is 11.8 Å². The summed E-state index contributed by atoms with van der Waals surface area (Å²) in [6.45, 7) is 7.33. The lowest BCUT2D eigenvalue weighted by molar-refractivity contribution is -0.154. The van der Waals surface area contributed by atoms with Gasteiger partial charge in [-0.15, -0.1) is 0 Å². The molecule has 0 rings (SSSR count). The van der Waals surface area contributed by atoms with E-state index in [0.29, 0.717) is 6.42 Å². The highest BCUT2D eigenvalue weighted by atomic mass is 16.5.